The van der Waals surface area contributed by atoms with Crippen molar-refractivity contribution in [2.75, 3.05) is 61.8 Å². The second kappa shape index (κ2) is 12.4. The van der Waals surface area contributed by atoms with Gasteiger partial charge < -0.3 is 25.8 Å². The molecule has 4 heterocycles. The number of hydrogen-bond donors (Lipinski definition) is 4. The van der Waals surface area contributed by atoms with Crippen LogP contribution in [0.4, 0.5) is 26.0 Å². The van der Waals surface area contributed by atoms with Crippen LogP contribution in [0.15, 0.2) is 41.3 Å². The molecule has 15 heteroatoms. The summed E-state index contributed by atoms with van der Waals surface area (Å²) in [4.78, 5) is 30.9. The number of hydrogen-bond acceptors (Lipinski definition) is 8. The van der Waals surface area contributed by atoms with E-state index in [0.717, 1.165) is 61.3 Å². The predicted octanol–water partition coefficient (Wildman–Crippen LogP) is 2.86. The van der Waals surface area contributed by atoms with Crippen molar-refractivity contribution in [1.29, 1.82) is 0 Å². The van der Waals surface area contributed by atoms with E-state index in [9.17, 15) is 26.8 Å². The van der Waals surface area contributed by atoms with Crippen LogP contribution in [-0.4, -0.2) is 92.0 Å². The molecule has 2 fully saturated rings. The Bertz CT molecular complexity index is 1750. The summed E-state index contributed by atoms with van der Waals surface area (Å²) in [7, 11) is -2.24. The first kappa shape index (κ1) is 32.0. The Labute approximate surface area is 266 Å². The molecule has 3 aliphatic heterocycles. The van der Waals surface area contributed by atoms with Gasteiger partial charge in [-0.1, -0.05) is 13.8 Å². The third kappa shape index (κ3) is 6.36. The maximum atomic E-state index is 14.0. The Hall–Kier alpha value is -3.92. The highest BCUT2D eigenvalue weighted by atomic mass is 32.2. The van der Waals surface area contributed by atoms with Gasteiger partial charge >= 0.3 is 0 Å². The van der Waals surface area contributed by atoms with Gasteiger partial charge in [0.05, 0.1) is 22.2 Å². The van der Waals surface area contributed by atoms with Crippen LogP contribution in [0, 0.1) is 11.6 Å². The van der Waals surface area contributed by atoms with Crippen molar-refractivity contribution in [3.63, 3.8) is 0 Å². The Kier molecular flexibility index (Phi) is 8.61. The molecule has 1 atom stereocenters. The molecule has 2 aromatic carbocycles. The number of likely N-dealkylation sites (N-methyl/N-ethyl adjacent to an activating group) is 1. The smallest absolute Gasteiger partial charge is 0.258 e. The number of fused-ring (bicyclic) bond motifs is 1. The minimum Gasteiger partial charge on any atom is -0.369 e. The van der Waals surface area contributed by atoms with Gasteiger partial charge in [-0.3, -0.25) is 14.7 Å². The van der Waals surface area contributed by atoms with E-state index in [1.165, 1.54) is 0 Å². The number of carbonyl (C=O) groups excluding carboxylic acids is 2. The number of benzene rings is 2. The Morgan fingerprint density at radius 1 is 1.02 bits per heavy atom. The second-order valence-corrected chi connectivity index (χ2v) is 14.7. The monoisotopic (exact) mass is 656 g/mol. The summed E-state index contributed by atoms with van der Waals surface area (Å²) in [6, 6.07) is 7.13. The molecular formula is C31H38F2N8O4S. The van der Waals surface area contributed by atoms with Gasteiger partial charge in [0, 0.05) is 67.7 Å². The van der Waals surface area contributed by atoms with E-state index >= 15 is 0 Å². The Balaban J connectivity index is 1.29. The number of rotatable bonds is 7. The number of sulfonamides is 1. The quantitative estimate of drug-likeness (QED) is 0.304. The van der Waals surface area contributed by atoms with Crippen LogP contribution >= 0.6 is 0 Å². The molecule has 4 N–H and O–H groups in total. The van der Waals surface area contributed by atoms with Crippen molar-refractivity contribution < 1.29 is 26.8 Å². The maximum Gasteiger partial charge on any atom is 0.258 e. The number of piperazine rings is 1. The number of halogens is 2. The number of aromatic nitrogens is 2. The van der Waals surface area contributed by atoms with Crippen LogP contribution in [0.25, 0.3) is 0 Å². The average molecular weight is 657 g/mol. The molecule has 2 saturated heterocycles. The van der Waals surface area contributed by atoms with Crippen molar-refractivity contribution in [2.24, 2.45) is 0 Å². The minimum absolute atomic E-state index is 0.00911. The van der Waals surface area contributed by atoms with Gasteiger partial charge in [-0.2, -0.15) is 9.40 Å². The van der Waals surface area contributed by atoms with Gasteiger partial charge in [-0.05, 0) is 56.8 Å². The number of nitrogens with zero attached hydrogens (tertiary/aromatic N) is 4. The molecule has 12 nitrogen and oxygen atoms in total. The number of anilines is 3. The summed E-state index contributed by atoms with van der Waals surface area (Å²) in [5.41, 5.74) is 1.74. The van der Waals surface area contributed by atoms with Gasteiger partial charge in [0.15, 0.2) is 5.82 Å². The van der Waals surface area contributed by atoms with Gasteiger partial charge in [-0.15, -0.1) is 0 Å². The first-order chi connectivity index (χ1) is 21.8. The largest absolute Gasteiger partial charge is 0.369 e. The first-order valence-electron chi connectivity index (χ1n) is 15.3. The van der Waals surface area contributed by atoms with E-state index in [2.05, 4.69) is 43.0 Å². The third-order valence-electron chi connectivity index (χ3n) is 8.91. The molecule has 0 unspecified atom stereocenters. The van der Waals surface area contributed by atoms with Crippen LogP contribution in [0.1, 0.15) is 48.3 Å². The van der Waals surface area contributed by atoms with Gasteiger partial charge in [0.1, 0.15) is 11.6 Å². The number of amides is 2. The summed E-state index contributed by atoms with van der Waals surface area (Å²) in [6.07, 6.45) is 1.58. The standard InChI is InChI=1S/C31H38F2N8O4S/c1-31(2)18-41(46(44,45)22-14-19(32)13-20(33)15-22)17-24-27(31)37-38-28(24)36-29(42)23-7-6-21(40-11-9-39(3)10-12-40)16-26(23)35-30(43)25-5-4-8-34-25/h6-7,13-16,25,34H,4-5,8-12,17-18H2,1-3H3,(H,35,43)(H2,36,37,38,42)/t25-/m0/s1. The van der Waals surface area contributed by atoms with Crippen LogP contribution in [0.2, 0.25) is 0 Å². The second-order valence-electron chi connectivity index (χ2n) is 12.8. The molecule has 0 saturated carbocycles. The highest BCUT2D eigenvalue weighted by Gasteiger charge is 2.41. The number of H-pyrrole nitrogens is 1. The van der Waals surface area contributed by atoms with Crippen LogP contribution in [0.3, 0.4) is 0 Å². The molecule has 0 spiro atoms. The fourth-order valence-corrected chi connectivity index (χ4v) is 7.94. The lowest BCUT2D eigenvalue weighted by Gasteiger charge is -2.36. The van der Waals surface area contributed by atoms with Gasteiger partial charge in [0.2, 0.25) is 15.9 Å². The first-order valence-corrected chi connectivity index (χ1v) is 16.7. The molecule has 1 aromatic heterocycles. The van der Waals surface area contributed by atoms with Gasteiger partial charge in [-0.25, -0.2) is 17.2 Å². The normalized spacial score (nSPS) is 20.4. The molecular weight excluding hydrogens is 618 g/mol. The summed E-state index contributed by atoms with van der Waals surface area (Å²) < 4.78 is 56.1. The maximum absolute atomic E-state index is 14.0. The van der Waals surface area contributed by atoms with Crippen LogP contribution in [0.5, 0.6) is 0 Å². The van der Waals surface area contributed by atoms with E-state index in [1.807, 2.05) is 26.0 Å². The highest BCUT2D eigenvalue weighted by Crippen LogP contribution is 2.38. The number of nitrogens with one attached hydrogen (secondary N) is 4. The van der Waals surface area contributed by atoms with E-state index in [4.69, 9.17) is 0 Å². The molecule has 46 heavy (non-hydrogen) atoms. The fourth-order valence-electron chi connectivity index (χ4n) is 6.33. The van der Waals surface area contributed by atoms with Crippen LogP contribution < -0.4 is 20.9 Å². The van der Waals surface area contributed by atoms with E-state index in [0.29, 0.717) is 29.4 Å². The van der Waals surface area contributed by atoms with Crippen molar-refractivity contribution in [1.82, 2.24) is 24.7 Å². The zero-order valence-electron chi connectivity index (χ0n) is 26.0. The lowest BCUT2D eigenvalue weighted by molar-refractivity contribution is -0.117. The Morgan fingerprint density at radius 2 is 1.74 bits per heavy atom. The van der Waals surface area contributed by atoms with E-state index < -0.39 is 37.9 Å². The van der Waals surface area contributed by atoms with Crippen LogP contribution in [-0.2, 0) is 26.8 Å². The number of carbonyl (C=O) groups is 2. The summed E-state index contributed by atoms with van der Waals surface area (Å²) in [5, 5.41) is 16.2. The SMILES string of the molecule is CN1CCN(c2ccc(C(=O)Nc3n[nH]c4c3CN(S(=O)(=O)c3cc(F)cc(F)c3)CC4(C)C)c(NC(=O)[C@@H]3CCCN3)c2)CC1. The molecule has 3 aromatic rings. The molecule has 0 radical (unpaired) electrons. The molecule has 3 aliphatic rings. The van der Waals surface area contributed by atoms with E-state index in [1.54, 1.807) is 6.07 Å². The van der Waals surface area contributed by atoms with Gasteiger partial charge in [0.25, 0.3) is 5.91 Å². The lowest BCUT2D eigenvalue weighted by atomic mass is 9.84. The lowest BCUT2D eigenvalue weighted by Crippen LogP contribution is -2.45. The topological polar surface area (TPSA) is 143 Å². The Morgan fingerprint density at radius 3 is 2.41 bits per heavy atom. The van der Waals surface area contributed by atoms with Crippen molar-refractivity contribution in [3.05, 3.63) is 64.9 Å². The summed E-state index contributed by atoms with van der Waals surface area (Å²) in [5.74, 6) is -2.65. The average Bonchev–Trinajstić information content (AvgIpc) is 3.68. The zero-order chi connectivity index (χ0) is 32.8. The highest BCUT2D eigenvalue weighted by molar-refractivity contribution is 7.89. The number of aromatic amines is 1. The third-order valence-corrected chi connectivity index (χ3v) is 10.7. The summed E-state index contributed by atoms with van der Waals surface area (Å²) in [6.45, 7) is 7.56. The van der Waals surface area contributed by atoms with E-state index in [-0.39, 0.29) is 36.4 Å². The fraction of sp³-hybridized carbons (Fsp3) is 0.452. The molecule has 0 aliphatic carbocycles. The van der Waals surface area contributed by atoms with Crippen molar-refractivity contribution in [3.8, 4) is 0 Å². The minimum atomic E-state index is -4.31. The van der Waals surface area contributed by atoms with Crippen molar-refractivity contribution >= 4 is 39.0 Å². The predicted molar refractivity (Wildman–Crippen MR) is 169 cm³/mol. The molecule has 246 valence electrons. The zero-order valence-corrected chi connectivity index (χ0v) is 26.8. The van der Waals surface area contributed by atoms with Crippen molar-refractivity contribution in [2.45, 2.75) is 49.6 Å². The molecule has 2 amide bonds. The molecule has 0 bridgehead atoms. The summed E-state index contributed by atoms with van der Waals surface area (Å²) >= 11 is 0. The molecule has 6 rings (SSSR count).